The molecule has 0 aromatic rings. The summed E-state index contributed by atoms with van der Waals surface area (Å²) >= 11 is 0. The van der Waals surface area contributed by atoms with Crippen molar-refractivity contribution in [3.8, 4) is 0 Å². The molecule has 3 saturated carbocycles. The van der Waals surface area contributed by atoms with Gasteiger partial charge in [-0.1, -0.05) is 32.4 Å². The number of aliphatic hydroxyl groups excluding tert-OH is 2. The Balaban J connectivity index is 1.50. The fourth-order valence-electron chi connectivity index (χ4n) is 8.52. The molecule has 9 unspecified atom stereocenters. The molecule has 4 rings (SSSR count). The first kappa shape index (κ1) is 21.8. The lowest BCUT2D eigenvalue weighted by atomic mass is 9.50. The standard InChI is InChI=1S/C26H44O3/c1-16(2)13-19(28)15-26(4,29)24-10-9-23-22-7-5-17-14-18(27)6-8-20(17)21(22)11-12-25(23,24)3/h5,16,18-24,27-29H,6-15H2,1-4H3. The molecule has 9 atom stereocenters. The Labute approximate surface area is 178 Å². The van der Waals surface area contributed by atoms with Crippen molar-refractivity contribution in [2.24, 2.45) is 40.9 Å². The number of hydrogen-bond acceptors (Lipinski definition) is 3. The van der Waals surface area contributed by atoms with E-state index in [-0.39, 0.29) is 11.5 Å². The number of fused-ring (bicyclic) bond motifs is 5. The van der Waals surface area contributed by atoms with Gasteiger partial charge in [0.15, 0.2) is 0 Å². The van der Waals surface area contributed by atoms with Crippen molar-refractivity contribution in [3.63, 3.8) is 0 Å². The van der Waals surface area contributed by atoms with Gasteiger partial charge >= 0.3 is 0 Å². The van der Waals surface area contributed by atoms with Crippen molar-refractivity contribution in [1.82, 2.24) is 0 Å². The maximum Gasteiger partial charge on any atom is 0.0677 e. The van der Waals surface area contributed by atoms with E-state index in [1.807, 2.05) is 6.92 Å². The minimum Gasteiger partial charge on any atom is -0.393 e. The molecule has 3 N–H and O–H groups in total. The molecular weight excluding hydrogens is 360 g/mol. The van der Waals surface area contributed by atoms with Crippen molar-refractivity contribution in [3.05, 3.63) is 11.6 Å². The monoisotopic (exact) mass is 404 g/mol. The van der Waals surface area contributed by atoms with Gasteiger partial charge in [0.25, 0.3) is 0 Å². The molecule has 0 aromatic heterocycles. The van der Waals surface area contributed by atoms with Gasteiger partial charge < -0.3 is 15.3 Å². The van der Waals surface area contributed by atoms with E-state index >= 15 is 0 Å². The molecule has 0 bridgehead atoms. The van der Waals surface area contributed by atoms with Gasteiger partial charge in [-0.25, -0.2) is 0 Å². The number of allylic oxidation sites excluding steroid dienone is 1. The van der Waals surface area contributed by atoms with Crippen molar-refractivity contribution >= 4 is 0 Å². The summed E-state index contributed by atoms with van der Waals surface area (Å²) in [6.45, 7) is 8.74. The van der Waals surface area contributed by atoms with E-state index in [4.69, 9.17) is 0 Å². The molecule has 0 aliphatic heterocycles. The van der Waals surface area contributed by atoms with Gasteiger partial charge in [0.05, 0.1) is 17.8 Å². The van der Waals surface area contributed by atoms with Crippen LogP contribution in [0.15, 0.2) is 11.6 Å². The molecule has 0 radical (unpaired) electrons. The predicted molar refractivity (Wildman–Crippen MR) is 117 cm³/mol. The zero-order chi connectivity index (χ0) is 21.0. The average Bonchev–Trinajstić information content (AvgIpc) is 2.98. The first-order valence-corrected chi connectivity index (χ1v) is 12.4. The highest BCUT2D eigenvalue weighted by Gasteiger charge is 2.59. The van der Waals surface area contributed by atoms with E-state index in [9.17, 15) is 15.3 Å². The Morgan fingerprint density at radius 1 is 1.14 bits per heavy atom. The fraction of sp³-hybridized carbons (Fsp3) is 0.923. The van der Waals surface area contributed by atoms with Crippen LogP contribution in [0.4, 0.5) is 0 Å². The summed E-state index contributed by atoms with van der Waals surface area (Å²) in [4.78, 5) is 0. The summed E-state index contributed by atoms with van der Waals surface area (Å²) in [5, 5.41) is 32.2. The second-order valence-electron chi connectivity index (χ2n) is 12.0. The molecule has 0 spiro atoms. The van der Waals surface area contributed by atoms with Crippen LogP contribution in [0.25, 0.3) is 0 Å². The lowest BCUT2D eigenvalue weighted by molar-refractivity contribution is -0.109. The van der Waals surface area contributed by atoms with E-state index in [2.05, 4.69) is 26.8 Å². The van der Waals surface area contributed by atoms with E-state index in [0.717, 1.165) is 37.5 Å². The summed E-state index contributed by atoms with van der Waals surface area (Å²) in [5.74, 6) is 3.69. The molecule has 3 nitrogen and oxygen atoms in total. The van der Waals surface area contributed by atoms with Gasteiger partial charge in [-0.05, 0) is 106 Å². The average molecular weight is 405 g/mol. The minimum atomic E-state index is -0.782. The Kier molecular flexibility index (Phi) is 5.99. The van der Waals surface area contributed by atoms with E-state index < -0.39 is 11.7 Å². The van der Waals surface area contributed by atoms with Crippen LogP contribution in [0.5, 0.6) is 0 Å². The van der Waals surface area contributed by atoms with Gasteiger partial charge in [-0.2, -0.15) is 0 Å². The first-order chi connectivity index (χ1) is 13.6. The van der Waals surface area contributed by atoms with E-state index in [0.29, 0.717) is 30.1 Å². The van der Waals surface area contributed by atoms with Crippen molar-refractivity contribution in [2.75, 3.05) is 0 Å². The summed E-state index contributed by atoms with van der Waals surface area (Å²) in [6, 6.07) is 0. The van der Waals surface area contributed by atoms with Crippen LogP contribution >= 0.6 is 0 Å². The smallest absolute Gasteiger partial charge is 0.0677 e. The van der Waals surface area contributed by atoms with Crippen molar-refractivity contribution in [2.45, 2.75) is 110 Å². The predicted octanol–water partition coefficient (Wildman–Crippen LogP) is 5.08. The molecule has 3 fully saturated rings. The summed E-state index contributed by atoms with van der Waals surface area (Å²) in [7, 11) is 0. The highest BCUT2D eigenvalue weighted by Crippen LogP contribution is 2.65. The number of hydrogen-bond donors (Lipinski definition) is 3. The summed E-state index contributed by atoms with van der Waals surface area (Å²) in [6.07, 6.45) is 12.3. The van der Waals surface area contributed by atoms with Crippen LogP contribution in [0.1, 0.15) is 91.9 Å². The molecule has 4 aliphatic carbocycles. The van der Waals surface area contributed by atoms with Gasteiger partial charge in [0, 0.05) is 6.42 Å². The van der Waals surface area contributed by atoms with Crippen molar-refractivity contribution < 1.29 is 15.3 Å². The molecular formula is C26H44O3. The molecule has 0 amide bonds. The molecule has 29 heavy (non-hydrogen) atoms. The highest BCUT2D eigenvalue weighted by molar-refractivity contribution is 5.20. The van der Waals surface area contributed by atoms with Crippen LogP contribution in [-0.4, -0.2) is 33.1 Å². The zero-order valence-corrected chi connectivity index (χ0v) is 19.1. The topological polar surface area (TPSA) is 60.7 Å². The van der Waals surface area contributed by atoms with Gasteiger partial charge in [0.1, 0.15) is 0 Å². The summed E-state index contributed by atoms with van der Waals surface area (Å²) < 4.78 is 0. The Bertz CT molecular complexity index is 623. The van der Waals surface area contributed by atoms with Gasteiger partial charge in [-0.3, -0.25) is 0 Å². The third-order valence-corrected chi connectivity index (χ3v) is 9.56. The van der Waals surface area contributed by atoms with Crippen LogP contribution in [0.3, 0.4) is 0 Å². The SMILES string of the molecule is CC(C)CC(O)CC(C)(O)C1CCC2C3CC=C4CC(O)CCC4C3CCC21C. The maximum absolute atomic E-state index is 11.5. The molecule has 0 saturated heterocycles. The molecule has 0 heterocycles. The van der Waals surface area contributed by atoms with Crippen LogP contribution in [0, 0.1) is 40.9 Å². The Morgan fingerprint density at radius 3 is 2.62 bits per heavy atom. The van der Waals surface area contributed by atoms with E-state index in [1.165, 1.54) is 32.1 Å². The van der Waals surface area contributed by atoms with Crippen LogP contribution in [0.2, 0.25) is 0 Å². The van der Waals surface area contributed by atoms with Crippen LogP contribution < -0.4 is 0 Å². The molecule has 166 valence electrons. The fourth-order valence-corrected chi connectivity index (χ4v) is 8.52. The Hall–Kier alpha value is -0.380. The van der Waals surface area contributed by atoms with Crippen molar-refractivity contribution in [1.29, 1.82) is 0 Å². The second-order valence-corrected chi connectivity index (χ2v) is 12.0. The second kappa shape index (κ2) is 7.95. The van der Waals surface area contributed by atoms with Gasteiger partial charge in [-0.15, -0.1) is 0 Å². The quantitative estimate of drug-likeness (QED) is 0.560. The molecule has 0 aromatic carbocycles. The Morgan fingerprint density at radius 2 is 1.90 bits per heavy atom. The number of rotatable bonds is 5. The maximum atomic E-state index is 11.5. The minimum absolute atomic E-state index is 0.119. The third-order valence-electron chi connectivity index (χ3n) is 9.56. The first-order valence-electron chi connectivity index (χ1n) is 12.4. The van der Waals surface area contributed by atoms with E-state index in [1.54, 1.807) is 5.57 Å². The molecule has 3 heteroatoms. The zero-order valence-electron chi connectivity index (χ0n) is 19.1. The molecule has 4 aliphatic rings. The van der Waals surface area contributed by atoms with Crippen LogP contribution in [-0.2, 0) is 0 Å². The highest BCUT2D eigenvalue weighted by atomic mass is 16.3. The normalized spacial score (nSPS) is 45.0. The summed E-state index contributed by atoms with van der Waals surface area (Å²) in [5.41, 5.74) is 0.962. The third kappa shape index (κ3) is 3.96. The lowest BCUT2D eigenvalue weighted by Gasteiger charge is -2.55. The van der Waals surface area contributed by atoms with Gasteiger partial charge in [0.2, 0.25) is 0 Å². The lowest BCUT2D eigenvalue weighted by Crippen LogP contribution is -2.51. The number of aliphatic hydroxyl groups is 3. The largest absolute Gasteiger partial charge is 0.393 e.